The predicted molar refractivity (Wildman–Crippen MR) is 98.3 cm³/mol. The number of thiophene rings is 1. The molecule has 0 spiro atoms. The number of anilines is 2. The van der Waals surface area contributed by atoms with E-state index in [0.717, 1.165) is 54.6 Å². The van der Waals surface area contributed by atoms with E-state index in [-0.39, 0.29) is 13.2 Å². The lowest BCUT2D eigenvalue weighted by Crippen LogP contribution is -2.44. The van der Waals surface area contributed by atoms with Gasteiger partial charge in [-0.3, -0.25) is 0 Å². The number of aryl methyl sites for hydroxylation is 1. The van der Waals surface area contributed by atoms with Crippen LogP contribution in [-0.2, 0) is 6.42 Å². The molecule has 3 rings (SSSR count). The second-order valence-corrected chi connectivity index (χ2v) is 6.67. The molecule has 2 aromatic rings. The van der Waals surface area contributed by atoms with Crippen LogP contribution in [0.3, 0.4) is 0 Å². The SMILES string of the molecule is CCc1csc2nc(N3CCNCC3)nc(N(CCO)CCO)c12. The molecule has 0 aliphatic carbocycles. The number of fused-ring (bicyclic) bond motifs is 1. The second kappa shape index (κ2) is 8.06. The zero-order valence-electron chi connectivity index (χ0n) is 14.0. The van der Waals surface area contributed by atoms with E-state index in [9.17, 15) is 10.2 Å². The number of aliphatic hydroxyl groups excluding tert-OH is 2. The van der Waals surface area contributed by atoms with Crippen molar-refractivity contribution in [2.45, 2.75) is 13.3 Å². The Labute approximate surface area is 145 Å². The first-order chi connectivity index (χ1) is 11.8. The summed E-state index contributed by atoms with van der Waals surface area (Å²) in [5, 5.41) is 25.4. The summed E-state index contributed by atoms with van der Waals surface area (Å²) < 4.78 is 0. The van der Waals surface area contributed by atoms with Crippen molar-refractivity contribution in [1.29, 1.82) is 0 Å². The van der Waals surface area contributed by atoms with Crippen LogP contribution >= 0.6 is 11.3 Å². The third kappa shape index (κ3) is 3.46. The molecule has 1 aliphatic heterocycles. The number of rotatable bonds is 7. The Kier molecular flexibility index (Phi) is 5.83. The van der Waals surface area contributed by atoms with Crippen molar-refractivity contribution in [1.82, 2.24) is 15.3 Å². The highest BCUT2D eigenvalue weighted by atomic mass is 32.1. The molecule has 24 heavy (non-hydrogen) atoms. The molecular weight excluding hydrogens is 326 g/mol. The molecule has 0 unspecified atom stereocenters. The van der Waals surface area contributed by atoms with E-state index in [1.807, 2.05) is 4.90 Å². The fourth-order valence-corrected chi connectivity index (χ4v) is 4.04. The maximum Gasteiger partial charge on any atom is 0.228 e. The summed E-state index contributed by atoms with van der Waals surface area (Å²) in [7, 11) is 0. The van der Waals surface area contributed by atoms with E-state index < -0.39 is 0 Å². The molecule has 0 atom stereocenters. The number of aromatic nitrogens is 2. The summed E-state index contributed by atoms with van der Waals surface area (Å²) >= 11 is 1.64. The van der Waals surface area contributed by atoms with Crippen LogP contribution in [0, 0.1) is 0 Å². The van der Waals surface area contributed by atoms with Gasteiger partial charge in [-0.15, -0.1) is 11.3 Å². The summed E-state index contributed by atoms with van der Waals surface area (Å²) in [5.41, 5.74) is 1.22. The zero-order valence-corrected chi connectivity index (χ0v) is 14.8. The molecule has 0 saturated carbocycles. The van der Waals surface area contributed by atoms with Gasteiger partial charge in [0.25, 0.3) is 0 Å². The standard InChI is InChI=1S/C16H25N5O2S/c1-2-12-11-24-15-13(12)14(20(7-9-22)8-10-23)18-16(19-15)21-5-3-17-4-6-21/h11,17,22-23H,2-10H2,1H3. The summed E-state index contributed by atoms with van der Waals surface area (Å²) in [6, 6.07) is 0. The molecule has 1 aliphatic rings. The van der Waals surface area contributed by atoms with Crippen molar-refractivity contribution >= 4 is 33.3 Å². The monoisotopic (exact) mass is 351 g/mol. The Morgan fingerprint density at radius 3 is 2.54 bits per heavy atom. The van der Waals surface area contributed by atoms with Crippen molar-refractivity contribution in [3.8, 4) is 0 Å². The van der Waals surface area contributed by atoms with E-state index in [2.05, 4.69) is 22.5 Å². The van der Waals surface area contributed by atoms with Gasteiger partial charge < -0.3 is 25.3 Å². The highest BCUT2D eigenvalue weighted by Crippen LogP contribution is 2.34. The maximum atomic E-state index is 9.41. The van der Waals surface area contributed by atoms with Crippen LogP contribution in [-0.4, -0.2) is 72.7 Å². The molecule has 0 aromatic carbocycles. The van der Waals surface area contributed by atoms with Crippen molar-refractivity contribution in [3.05, 3.63) is 10.9 Å². The molecular formula is C16H25N5O2S. The van der Waals surface area contributed by atoms with Gasteiger partial charge in [-0.05, 0) is 17.4 Å². The van der Waals surface area contributed by atoms with E-state index in [0.29, 0.717) is 13.1 Å². The molecule has 8 heteroatoms. The quantitative estimate of drug-likeness (QED) is 0.668. The van der Waals surface area contributed by atoms with E-state index in [4.69, 9.17) is 9.97 Å². The van der Waals surface area contributed by atoms with Crippen molar-refractivity contribution in [2.24, 2.45) is 0 Å². The Morgan fingerprint density at radius 2 is 1.92 bits per heavy atom. The van der Waals surface area contributed by atoms with Crippen LogP contribution in [0.25, 0.3) is 10.2 Å². The van der Waals surface area contributed by atoms with Gasteiger partial charge in [0.05, 0.1) is 18.6 Å². The van der Waals surface area contributed by atoms with E-state index >= 15 is 0 Å². The molecule has 3 heterocycles. The summed E-state index contributed by atoms with van der Waals surface area (Å²) in [6.07, 6.45) is 0.912. The predicted octanol–water partition coefficient (Wildman–Crippen LogP) is 0.454. The number of nitrogens with one attached hydrogen (secondary N) is 1. The van der Waals surface area contributed by atoms with Crippen LogP contribution in [0.15, 0.2) is 5.38 Å². The van der Waals surface area contributed by atoms with Crippen LogP contribution < -0.4 is 15.1 Å². The van der Waals surface area contributed by atoms with Gasteiger partial charge in [0.1, 0.15) is 10.6 Å². The smallest absolute Gasteiger partial charge is 0.228 e. The minimum Gasteiger partial charge on any atom is -0.395 e. The van der Waals surface area contributed by atoms with Crippen LogP contribution in [0.5, 0.6) is 0 Å². The first-order valence-corrected chi connectivity index (χ1v) is 9.36. The van der Waals surface area contributed by atoms with Gasteiger partial charge in [-0.25, -0.2) is 4.98 Å². The molecule has 2 aromatic heterocycles. The average Bonchev–Trinajstić information content (AvgIpc) is 3.04. The second-order valence-electron chi connectivity index (χ2n) is 5.81. The largest absolute Gasteiger partial charge is 0.395 e. The number of piperazine rings is 1. The third-order valence-electron chi connectivity index (χ3n) is 4.30. The first kappa shape index (κ1) is 17.3. The normalized spacial score (nSPS) is 15.2. The number of hydrogen-bond acceptors (Lipinski definition) is 8. The molecule has 1 fully saturated rings. The highest BCUT2D eigenvalue weighted by molar-refractivity contribution is 7.17. The van der Waals surface area contributed by atoms with Gasteiger partial charge in [-0.1, -0.05) is 6.92 Å². The lowest BCUT2D eigenvalue weighted by atomic mass is 10.2. The maximum absolute atomic E-state index is 9.41. The Balaban J connectivity index is 2.09. The van der Waals surface area contributed by atoms with Crippen molar-refractivity contribution in [3.63, 3.8) is 0 Å². The molecule has 7 nitrogen and oxygen atoms in total. The number of hydrogen-bond donors (Lipinski definition) is 3. The summed E-state index contributed by atoms with van der Waals surface area (Å²) in [6.45, 7) is 6.71. The lowest BCUT2D eigenvalue weighted by Gasteiger charge is -2.29. The Hall–Kier alpha value is -1.48. The highest BCUT2D eigenvalue weighted by Gasteiger charge is 2.21. The minimum atomic E-state index is 0.0278. The lowest BCUT2D eigenvalue weighted by molar-refractivity contribution is 0.281. The summed E-state index contributed by atoms with van der Waals surface area (Å²) in [5.74, 6) is 1.57. The topological polar surface area (TPSA) is 84.8 Å². The molecule has 3 N–H and O–H groups in total. The van der Waals surface area contributed by atoms with E-state index in [1.54, 1.807) is 11.3 Å². The number of aliphatic hydroxyl groups is 2. The van der Waals surface area contributed by atoms with Crippen LogP contribution in [0.4, 0.5) is 11.8 Å². The Bertz CT molecular complexity index is 666. The van der Waals surface area contributed by atoms with Crippen molar-refractivity contribution in [2.75, 3.05) is 62.3 Å². The van der Waals surface area contributed by atoms with Gasteiger partial charge in [-0.2, -0.15) is 4.98 Å². The van der Waals surface area contributed by atoms with Gasteiger partial charge in [0, 0.05) is 39.3 Å². The van der Waals surface area contributed by atoms with Crippen LogP contribution in [0.2, 0.25) is 0 Å². The fourth-order valence-electron chi connectivity index (χ4n) is 3.03. The van der Waals surface area contributed by atoms with Crippen molar-refractivity contribution < 1.29 is 10.2 Å². The van der Waals surface area contributed by atoms with Gasteiger partial charge >= 0.3 is 0 Å². The minimum absolute atomic E-state index is 0.0278. The fraction of sp³-hybridized carbons (Fsp3) is 0.625. The zero-order chi connectivity index (χ0) is 16.9. The molecule has 0 bridgehead atoms. The van der Waals surface area contributed by atoms with Crippen LogP contribution in [0.1, 0.15) is 12.5 Å². The molecule has 0 amide bonds. The molecule has 0 radical (unpaired) electrons. The molecule has 1 saturated heterocycles. The third-order valence-corrected chi connectivity index (χ3v) is 5.22. The van der Waals surface area contributed by atoms with Gasteiger partial charge in [0.2, 0.25) is 5.95 Å². The summed E-state index contributed by atoms with van der Waals surface area (Å²) in [4.78, 5) is 14.8. The van der Waals surface area contributed by atoms with E-state index in [1.165, 1.54) is 5.56 Å². The molecule has 132 valence electrons. The average molecular weight is 351 g/mol. The number of nitrogens with zero attached hydrogens (tertiary/aromatic N) is 4. The first-order valence-electron chi connectivity index (χ1n) is 8.49. The Morgan fingerprint density at radius 1 is 1.21 bits per heavy atom. The van der Waals surface area contributed by atoms with Gasteiger partial charge in [0.15, 0.2) is 0 Å².